The van der Waals surface area contributed by atoms with Crippen LogP contribution in [0.4, 0.5) is 0 Å². The summed E-state index contributed by atoms with van der Waals surface area (Å²) in [5.74, 6) is 0.793. The van der Waals surface area contributed by atoms with Crippen molar-refractivity contribution in [1.82, 2.24) is 15.2 Å². The zero-order chi connectivity index (χ0) is 18.1. The number of aromatic nitrogens is 3. The Bertz CT molecular complexity index is 1120. The van der Waals surface area contributed by atoms with Gasteiger partial charge in [-0.2, -0.15) is 5.10 Å². The molecule has 2 aromatic heterocycles. The number of aromatic amines is 1. The van der Waals surface area contributed by atoms with Crippen molar-refractivity contribution in [1.29, 1.82) is 0 Å². The highest BCUT2D eigenvalue weighted by molar-refractivity contribution is 6.03. The van der Waals surface area contributed by atoms with E-state index in [9.17, 15) is 4.79 Å². The average Bonchev–Trinajstić information content (AvgIpc) is 3.12. The first-order valence-corrected chi connectivity index (χ1v) is 8.26. The monoisotopic (exact) mass is 343 g/mol. The summed E-state index contributed by atoms with van der Waals surface area (Å²) >= 11 is 0. The van der Waals surface area contributed by atoms with Crippen molar-refractivity contribution in [3.8, 4) is 28.3 Å². The molecule has 0 unspecified atom stereocenters. The van der Waals surface area contributed by atoms with E-state index in [1.54, 1.807) is 20.2 Å². The molecule has 2 aromatic carbocycles. The van der Waals surface area contributed by atoms with Crippen LogP contribution in [-0.2, 0) is 0 Å². The van der Waals surface area contributed by atoms with Crippen molar-refractivity contribution < 1.29 is 9.53 Å². The van der Waals surface area contributed by atoms with Gasteiger partial charge in [-0.05, 0) is 31.2 Å². The summed E-state index contributed by atoms with van der Waals surface area (Å²) in [4.78, 5) is 16.3. The molecule has 5 nitrogen and oxygen atoms in total. The molecule has 0 atom stereocenters. The van der Waals surface area contributed by atoms with Gasteiger partial charge in [0.15, 0.2) is 5.78 Å². The molecule has 0 aliphatic carbocycles. The van der Waals surface area contributed by atoms with Gasteiger partial charge >= 0.3 is 0 Å². The number of ether oxygens (including phenoxy) is 1. The molecule has 0 bridgehead atoms. The standard InChI is InChI=1S/C21H17N3O2/c1-13(25)14-5-3-6-15(11-14)20-19-18(9-10-22-20)23-24-21(19)16-7-4-8-17(12-16)26-2/h3-12H,1-2H3,(H,23,24). The third-order valence-corrected chi connectivity index (χ3v) is 4.36. The van der Waals surface area contributed by atoms with Crippen LogP contribution in [0.1, 0.15) is 17.3 Å². The summed E-state index contributed by atoms with van der Waals surface area (Å²) < 4.78 is 5.33. The number of H-pyrrole nitrogens is 1. The Morgan fingerprint density at radius 3 is 2.54 bits per heavy atom. The van der Waals surface area contributed by atoms with Crippen molar-refractivity contribution >= 4 is 16.7 Å². The number of methoxy groups -OCH3 is 1. The molecule has 0 saturated carbocycles. The van der Waals surface area contributed by atoms with Crippen molar-refractivity contribution in [2.75, 3.05) is 7.11 Å². The topological polar surface area (TPSA) is 67.9 Å². The first-order valence-electron chi connectivity index (χ1n) is 8.26. The Kier molecular flexibility index (Phi) is 3.97. The lowest BCUT2D eigenvalue weighted by molar-refractivity contribution is 0.101. The van der Waals surface area contributed by atoms with Crippen LogP contribution in [0, 0.1) is 0 Å². The molecule has 1 N–H and O–H groups in total. The summed E-state index contributed by atoms with van der Waals surface area (Å²) in [5.41, 5.74) is 4.96. The lowest BCUT2D eigenvalue weighted by Crippen LogP contribution is -1.93. The molecule has 2 heterocycles. The SMILES string of the molecule is COc1cccc(-c2n[nH]c3ccnc(-c4cccc(C(C)=O)c4)c23)c1. The van der Waals surface area contributed by atoms with E-state index < -0.39 is 0 Å². The molecule has 26 heavy (non-hydrogen) atoms. The van der Waals surface area contributed by atoms with Crippen molar-refractivity contribution in [3.05, 3.63) is 66.4 Å². The van der Waals surface area contributed by atoms with Crippen molar-refractivity contribution in [2.45, 2.75) is 6.92 Å². The Labute approximate surface area is 150 Å². The van der Waals surface area contributed by atoms with E-state index in [0.29, 0.717) is 5.56 Å². The van der Waals surface area contributed by atoms with Gasteiger partial charge in [0, 0.05) is 22.9 Å². The number of carbonyl (C=O) groups excluding carboxylic acids is 1. The van der Waals surface area contributed by atoms with E-state index in [1.807, 2.05) is 54.6 Å². The lowest BCUT2D eigenvalue weighted by atomic mass is 10.00. The quantitative estimate of drug-likeness (QED) is 0.554. The third-order valence-electron chi connectivity index (χ3n) is 4.36. The van der Waals surface area contributed by atoms with Gasteiger partial charge < -0.3 is 4.74 Å². The number of Topliss-reactive ketones (excluding diaryl/α,β-unsaturated/α-hetero) is 1. The fraction of sp³-hybridized carbons (Fsp3) is 0.0952. The number of rotatable bonds is 4. The smallest absolute Gasteiger partial charge is 0.159 e. The molecule has 0 fully saturated rings. The number of hydrogen-bond acceptors (Lipinski definition) is 4. The third kappa shape index (κ3) is 2.73. The minimum Gasteiger partial charge on any atom is -0.497 e. The second-order valence-electron chi connectivity index (χ2n) is 6.02. The lowest BCUT2D eigenvalue weighted by Gasteiger charge is -2.07. The molecular weight excluding hydrogens is 326 g/mol. The molecule has 0 radical (unpaired) electrons. The summed E-state index contributed by atoms with van der Waals surface area (Å²) in [5, 5.41) is 8.49. The maximum Gasteiger partial charge on any atom is 0.159 e. The molecule has 128 valence electrons. The van der Waals surface area contributed by atoms with E-state index in [0.717, 1.165) is 39.2 Å². The fourth-order valence-corrected chi connectivity index (χ4v) is 3.05. The molecule has 0 aliphatic heterocycles. The molecule has 0 saturated heterocycles. The van der Waals surface area contributed by atoms with E-state index in [2.05, 4.69) is 15.2 Å². The zero-order valence-corrected chi connectivity index (χ0v) is 14.5. The molecule has 5 heteroatoms. The van der Waals surface area contributed by atoms with Crippen LogP contribution < -0.4 is 4.74 Å². The van der Waals surface area contributed by atoms with Crippen LogP contribution in [0.3, 0.4) is 0 Å². The van der Waals surface area contributed by atoms with Gasteiger partial charge in [0.25, 0.3) is 0 Å². The van der Waals surface area contributed by atoms with Crippen LogP contribution in [0.2, 0.25) is 0 Å². The van der Waals surface area contributed by atoms with E-state index in [1.165, 1.54) is 0 Å². The number of nitrogens with zero attached hydrogens (tertiary/aromatic N) is 2. The van der Waals surface area contributed by atoms with Crippen LogP contribution in [0.5, 0.6) is 5.75 Å². The van der Waals surface area contributed by atoms with E-state index in [-0.39, 0.29) is 5.78 Å². The van der Waals surface area contributed by atoms with Crippen LogP contribution >= 0.6 is 0 Å². The Morgan fingerprint density at radius 1 is 1.00 bits per heavy atom. The number of hydrogen-bond donors (Lipinski definition) is 1. The van der Waals surface area contributed by atoms with Gasteiger partial charge in [0.2, 0.25) is 0 Å². The summed E-state index contributed by atoms with van der Waals surface area (Å²) in [6.07, 6.45) is 1.74. The van der Waals surface area contributed by atoms with Gasteiger partial charge in [-0.3, -0.25) is 14.9 Å². The Morgan fingerprint density at radius 2 is 1.77 bits per heavy atom. The minimum absolute atomic E-state index is 0.0271. The maximum absolute atomic E-state index is 11.7. The van der Waals surface area contributed by atoms with Gasteiger partial charge in [-0.15, -0.1) is 0 Å². The largest absolute Gasteiger partial charge is 0.497 e. The summed E-state index contributed by atoms with van der Waals surface area (Å²) in [7, 11) is 1.64. The fourth-order valence-electron chi connectivity index (χ4n) is 3.05. The molecule has 4 aromatic rings. The normalized spacial score (nSPS) is 10.8. The number of pyridine rings is 1. The number of fused-ring (bicyclic) bond motifs is 1. The number of nitrogens with one attached hydrogen (secondary N) is 1. The minimum atomic E-state index is 0.0271. The second-order valence-corrected chi connectivity index (χ2v) is 6.02. The van der Waals surface area contributed by atoms with Gasteiger partial charge in [-0.25, -0.2) is 0 Å². The molecule has 0 aliphatic rings. The first kappa shape index (κ1) is 16.0. The molecular formula is C21H17N3O2. The Hall–Kier alpha value is -3.47. The van der Waals surface area contributed by atoms with Crippen LogP contribution in [0.15, 0.2) is 60.8 Å². The van der Waals surface area contributed by atoms with Crippen LogP contribution in [0.25, 0.3) is 33.4 Å². The average molecular weight is 343 g/mol. The van der Waals surface area contributed by atoms with Crippen molar-refractivity contribution in [3.63, 3.8) is 0 Å². The second kappa shape index (κ2) is 6.44. The highest BCUT2D eigenvalue weighted by Crippen LogP contribution is 2.34. The molecule has 0 amide bonds. The van der Waals surface area contributed by atoms with E-state index >= 15 is 0 Å². The maximum atomic E-state index is 11.7. The summed E-state index contributed by atoms with van der Waals surface area (Å²) in [6.45, 7) is 1.56. The first-order chi connectivity index (χ1) is 12.7. The Balaban J connectivity index is 1.95. The summed E-state index contributed by atoms with van der Waals surface area (Å²) in [6, 6.07) is 17.2. The zero-order valence-electron chi connectivity index (χ0n) is 14.5. The number of carbonyl (C=O) groups is 1. The number of ketones is 1. The van der Waals surface area contributed by atoms with Crippen LogP contribution in [-0.4, -0.2) is 28.1 Å². The van der Waals surface area contributed by atoms with Crippen molar-refractivity contribution in [2.24, 2.45) is 0 Å². The predicted octanol–water partition coefficient (Wildman–Crippen LogP) is 4.50. The van der Waals surface area contributed by atoms with Gasteiger partial charge in [0.05, 0.1) is 23.7 Å². The van der Waals surface area contributed by atoms with E-state index in [4.69, 9.17) is 4.74 Å². The molecule has 0 spiro atoms. The molecule has 4 rings (SSSR count). The van der Waals surface area contributed by atoms with Gasteiger partial charge in [-0.1, -0.05) is 30.3 Å². The predicted molar refractivity (Wildman–Crippen MR) is 101 cm³/mol. The number of benzene rings is 2. The highest BCUT2D eigenvalue weighted by Gasteiger charge is 2.15. The highest BCUT2D eigenvalue weighted by atomic mass is 16.5. The van der Waals surface area contributed by atoms with Gasteiger partial charge in [0.1, 0.15) is 11.4 Å².